The summed E-state index contributed by atoms with van der Waals surface area (Å²) in [5.74, 6) is -0.739. The molecule has 34 heavy (non-hydrogen) atoms. The molecule has 2 amide bonds. The van der Waals surface area contributed by atoms with Gasteiger partial charge in [-0.15, -0.1) is 0 Å². The summed E-state index contributed by atoms with van der Waals surface area (Å²) in [7, 11) is 0. The molecule has 0 aliphatic carbocycles. The van der Waals surface area contributed by atoms with E-state index in [0.29, 0.717) is 28.4 Å². The molecule has 1 heterocycles. The molecule has 0 aliphatic rings. The second-order valence-electron chi connectivity index (χ2n) is 7.60. The highest BCUT2D eigenvalue weighted by Crippen LogP contribution is 2.20. The third kappa shape index (κ3) is 5.96. The summed E-state index contributed by atoms with van der Waals surface area (Å²) in [6.07, 6.45) is 0.313. The van der Waals surface area contributed by atoms with Crippen LogP contribution in [0.1, 0.15) is 15.9 Å². The third-order valence-corrected chi connectivity index (χ3v) is 5.37. The Balaban J connectivity index is 1.54. The van der Waals surface area contributed by atoms with Gasteiger partial charge in [-0.3, -0.25) is 14.4 Å². The van der Waals surface area contributed by atoms with Gasteiger partial charge in [0.2, 0.25) is 5.91 Å². The van der Waals surface area contributed by atoms with Gasteiger partial charge in [0.05, 0.1) is 5.69 Å². The SMILES string of the molecule is O=C(NC(Cc1ccccc1)C(=O)Nc1cccc(-c2ccc(=O)[nH]n2)c1)c1ccc(Cl)cc1. The highest BCUT2D eigenvalue weighted by atomic mass is 35.5. The van der Waals surface area contributed by atoms with Crippen LogP contribution in [0.4, 0.5) is 5.69 Å². The van der Waals surface area contributed by atoms with Crippen LogP contribution < -0.4 is 16.2 Å². The van der Waals surface area contributed by atoms with Crippen LogP contribution in [-0.4, -0.2) is 28.1 Å². The van der Waals surface area contributed by atoms with Gasteiger partial charge in [-0.2, -0.15) is 5.10 Å². The van der Waals surface area contributed by atoms with Crippen molar-refractivity contribution >= 4 is 29.1 Å². The number of halogens is 1. The van der Waals surface area contributed by atoms with Crippen LogP contribution in [0.25, 0.3) is 11.3 Å². The van der Waals surface area contributed by atoms with Gasteiger partial charge in [0.1, 0.15) is 6.04 Å². The van der Waals surface area contributed by atoms with Gasteiger partial charge in [0.25, 0.3) is 11.5 Å². The van der Waals surface area contributed by atoms with Crippen molar-refractivity contribution in [3.63, 3.8) is 0 Å². The minimum atomic E-state index is -0.819. The summed E-state index contributed by atoms with van der Waals surface area (Å²) in [4.78, 5) is 37.3. The number of anilines is 1. The van der Waals surface area contributed by atoms with Gasteiger partial charge in [-0.1, -0.05) is 54.1 Å². The lowest BCUT2D eigenvalue weighted by atomic mass is 10.0. The zero-order chi connectivity index (χ0) is 23.9. The molecule has 0 aliphatic heterocycles. The van der Waals surface area contributed by atoms with Crippen LogP contribution in [0.2, 0.25) is 5.02 Å². The molecule has 0 radical (unpaired) electrons. The predicted molar refractivity (Wildman–Crippen MR) is 132 cm³/mol. The van der Waals surface area contributed by atoms with Crippen molar-refractivity contribution in [2.45, 2.75) is 12.5 Å². The molecule has 0 saturated carbocycles. The summed E-state index contributed by atoms with van der Waals surface area (Å²) < 4.78 is 0. The molecule has 0 fully saturated rings. The molecular weight excluding hydrogens is 452 g/mol. The summed E-state index contributed by atoms with van der Waals surface area (Å²) >= 11 is 5.92. The van der Waals surface area contributed by atoms with E-state index in [-0.39, 0.29) is 17.4 Å². The van der Waals surface area contributed by atoms with Crippen LogP contribution >= 0.6 is 11.6 Å². The number of hydrogen-bond acceptors (Lipinski definition) is 4. The lowest BCUT2D eigenvalue weighted by Crippen LogP contribution is -2.45. The number of carbonyl (C=O) groups is 2. The molecule has 0 bridgehead atoms. The second-order valence-corrected chi connectivity index (χ2v) is 8.04. The largest absolute Gasteiger partial charge is 0.340 e. The fourth-order valence-electron chi connectivity index (χ4n) is 3.39. The smallest absolute Gasteiger partial charge is 0.264 e. The van der Waals surface area contributed by atoms with Crippen molar-refractivity contribution in [3.05, 3.63) is 117 Å². The first-order valence-electron chi connectivity index (χ1n) is 10.6. The zero-order valence-electron chi connectivity index (χ0n) is 18.0. The number of nitrogens with zero attached hydrogens (tertiary/aromatic N) is 1. The minimum absolute atomic E-state index is 0.298. The maximum absolute atomic E-state index is 13.2. The average Bonchev–Trinajstić information content (AvgIpc) is 2.85. The first-order chi connectivity index (χ1) is 16.5. The van der Waals surface area contributed by atoms with Gasteiger partial charge < -0.3 is 10.6 Å². The van der Waals surface area contributed by atoms with E-state index in [9.17, 15) is 14.4 Å². The fraction of sp³-hybridized carbons (Fsp3) is 0.0769. The molecule has 170 valence electrons. The Hall–Kier alpha value is -4.23. The first-order valence-corrected chi connectivity index (χ1v) is 10.9. The standard InChI is InChI=1S/C26H21ClN4O3/c27-20-11-9-18(10-12-20)25(33)29-23(15-17-5-2-1-3-6-17)26(34)28-21-8-4-7-19(16-21)22-13-14-24(32)31-30-22/h1-14,16,23H,15H2,(H,28,34)(H,29,33)(H,31,32). The number of hydrogen-bond donors (Lipinski definition) is 3. The highest BCUT2D eigenvalue weighted by molar-refractivity contribution is 6.30. The quantitative estimate of drug-likeness (QED) is 0.377. The fourth-order valence-corrected chi connectivity index (χ4v) is 3.52. The van der Waals surface area contributed by atoms with Crippen molar-refractivity contribution in [2.24, 2.45) is 0 Å². The zero-order valence-corrected chi connectivity index (χ0v) is 18.8. The molecule has 4 aromatic rings. The van der Waals surface area contributed by atoms with Crippen LogP contribution in [0, 0.1) is 0 Å². The summed E-state index contributed by atoms with van der Waals surface area (Å²) in [6.45, 7) is 0. The van der Waals surface area contributed by atoms with E-state index in [2.05, 4.69) is 20.8 Å². The molecule has 0 spiro atoms. The van der Waals surface area contributed by atoms with E-state index >= 15 is 0 Å². The Kier molecular flexibility index (Phi) is 7.15. The second kappa shape index (κ2) is 10.6. The monoisotopic (exact) mass is 472 g/mol. The summed E-state index contributed by atoms with van der Waals surface area (Å²) in [5, 5.41) is 12.6. The highest BCUT2D eigenvalue weighted by Gasteiger charge is 2.22. The maximum Gasteiger partial charge on any atom is 0.264 e. The van der Waals surface area contributed by atoms with Crippen molar-refractivity contribution in [1.29, 1.82) is 0 Å². The van der Waals surface area contributed by atoms with Crippen LogP contribution in [0.3, 0.4) is 0 Å². The van der Waals surface area contributed by atoms with E-state index in [1.165, 1.54) is 6.07 Å². The Bertz CT molecular complexity index is 1330. The number of carbonyl (C=O) groups excluding carboxylic acids is 2. The van der Waals surface area contributed by atoms with Crippen LogP contribution in [-0.2, 0) is 11.2 Å². The molecule has 3 aromatic carbocycles. The summed E-state index contributed by atoms with van der Waals surface area (Å²) in [5.41, 5.74) is 2.83. The molecule has 0 saturated heterocycles. The Morgan fingerprint density at radius 2 is 1.68 bits per heavy atom. The minimum Gasteiger partial charge on any atom is -0.340 e. The Morgan fingerprint density at radius 1 is 0.912 bits per heavy atom. The molecular formula is C26H21ClN4O3. The molecule has 1 aromatic heterocycles. The topological polar surface area (TPSA) is 104 Å². The van der Waals surface area contributed by atoms with Crippen molar-refractivity contribution in [1.82, 2.24) is 15.5 Å². The van der Waals surface area contributed by atoms with E-state index in [4.69, 9.17) is 11.6 Å². The Morgan fingerprint density at radius 3 is 2.38 bits per heavy atom. The molecule has 1 atom stereocenters. The lowest BCUT2D eigenvalue weighted by Gasteiger charge is -2.19. The number of H-pyrrole nitrogens is 1. The van der Waals surface area contributed by atoms with Gasteiger partial charge >= 0.3 is 0 Å². The van der Waals surface area contributed by atoms with Crippen LogP contribution in [0.5, 0.6) is 0 Å². The van der Waals surface area contributed by atoms with Gasteiger partial charge in [-0.25, -0.2) is 5.10 Å². The van der Waals surface area contributed by atoms with E-state index < -0.39 is 6.04 Å². The van der Waals surface area contributed by atoms with E-state index in [0.717, 1.165) is 11.1 Å². The molecule has 1 unspecified atom stereocenters. The van der Waals surface area contributed by atoms with Crippen molar-refractivity contribution < 1.29 is 9.59 Å². The number of benzene rings is 3. The van der Waals surface area contributed by atoms with Crippen molar-refractivity contribution in [2.75, 3.05) is 5.32 Å². The first kappa shape index (κ1) is 22.9. The average molecular weight is 473 g/mol. The number of rotatable bonds is 7. The maximum atomic E-state index is 13.2. The normalized spacial score (nSPS) is 11.4. The van der Waals surface area contributed by atoms with Crippen LogP contribution in [0.15, 0.2) is 95.8 Å². The summed E-state index contributed by atoms with van der Waals surface area (Å²) in [6, 6.07) is 25.2. The number of aromatic nitrogens is 2. The number of aromatic amines is 1. The van der Waals surface area contributed by atoms with Gasteiger partial charge in [-0.05, 0) is 48.0 Å². The third-order valence-electron chi connectivity index (χ3n) is 5.12. The number of amides is 2. The van der Waals surface area contributed by atoms with Gasteiger partial charge in [0.15, 0.2) is 0 Å². The molecule has 3 N–H and O–H groups in total. The Labute approximate surface area is 200 Å². The molecule has 4 rings (SSSR count). The van der Waals surface area contributed by atoms with Gasteiger partial charge in [0, 0.05) is 34.3 Å². The molecule has 8 heteroatoms. The van der Waals surface area contributed by atoms with Crippen molar-refractivity contribution in [3.8, 4) is 11.3 Å². The molecule has 7 nitrogen and oxygen atoms in total. The predicted octanol–water partition coefficient (Wildman–Crippen LogP) is 4.07. The lowest BCUT2D eigenvalue weighted by molar-refractivity contribution is -0.118. The van der Waals surface area contributed by atoms with E-state index in [1.807, 2.05) is 36.4 Å². The van der Waals surface area contributed by atoms with E-state index in [1.54, 1.807) is 48.5 Å². The number of nitrogens with one attached hydrogen (secondary N) is 3.